The maximum absolute atomic E-state index is 13.8. The van der Waals surface area contributed by atoms with Gasteiger partial charge in [0.25, 0.3) is 0 Å². The van der Waals surface area contributed by atoms with Crippen molar-refractivity contribution in [1.82, 2.24) is 0 Å². The van der Waals surface area contributed by atoms with Gasteiger partial charge in [-0.15, -0.1) is 0 Å². The number of carbonyl (C=O) groups excluding carboxylic acids is 4. The second-order valence-electron chi connectivity index (χ2n) is 10.1. The number of para-hydroxylation sites is 1. The van der Waals surface area contributed by atoms with E-state index in [1.165, 1.54) is 11.0 Å². The Morgan fingerprint density at radius 2 is 1.67 bits per heavy atom. The lowest BCUT2D eigenvalue weighted by Crippen LogP contribution is -2.39. The van der Waals surface area contributed by atoms with Gasteiger partial charge < -0.3 is 5.11 Å². The molecule has 2 amide bonds. The number of fused-ring (bicyclic) bond motifs is 3. The molecule has 1 aliphatic heterocycles. The zero-order valence-electron chi connectivity index (χ0n) is 20.0. The van der Waals surface area contributed by atoms with Gasteiger partial charge in [-0.05, 0) is 68.0 Å². The molecule has 2 aromatic rings. The van der Waals surface area contributed by atoms with Gasteiger partial charge in [-0.1, -0.05) is 42.0 Å². The molecule has 0 spiro atoms. The molecule has 0 bridgehead atoms. The highest BCUT2D eigenvalue weighted by Crippen LogP contribution is 2.55. The third-order valence-electron chi connectivity index (χ3n) is 8.13. The summed E-state index contributed by atoms with van der Waals surface area (Å²) in [6.07, 6.45) is 4.05. The first-order valence-corrected chi connectivity index (χ1v) is 12.2. The van der Waals surface area contributed by atoms with Crippen LogP contribution in [0.3, 0.4) is 0 Å². The van der Waals surface area contributed by atoms with Crippen LogP contribution >= 0.6 is 0 Å². The van der Waals surface area contributed by atoms with E-state index in [4.69, 9.17) is 0 Å². The van der Waals surface area contributed by atoms with Gasteiger partial charge in [0.1, 0.15) is 5.75 Å². The fourth-order valence-corrected chi connectivity index (χ4v) is 6.43. The van der Waals surface area contributed by atoms with E-state index in [0.717, 1.165) is 11.1 Å². The first-order valence-electron chi connectivity index (χ1n) is 12.2. The van der Waals surface area contributed by atoms with Crippen LogP contribution in [0.4, 0.5) is 5.69 Å². The van der Waals surface area contributed by atoms with Crippen molar-refractivity contribution in [2.45, 2.75) is 32.6 Å². The summed E-state index contributed by atoms with van der Waals surface area (Å²) in [6.45, 7) is 3.44. The third kappa shape index (κ3) is 3.10. The van der Waals surface area contributed by atoms with E-state index in [-0.39, 0.29) is 41.5 Å². The van der Waals surface area contributed by atoms with Gasteiger partial charge in [0.15, 0.2) is 11.6 Å². The summed E-state index contributed by atoms with van der Waals surface area (Å²) in [6, 6.07) is 14.1. The van der Waals surface area contributed by atoms with E-state index in [1.54, 1.807) is 50.2 Å². The van der Waals surface area contributed by atoms with E-state index < -0.39 is 17.8 Å². The number of nitrogens with zero attached hydrogens (tertiary/aromatic N) is 1. The Bertz CT molecular complexity index is 1460. The van der Waals surface area contributed by atoms with Crippen LogP contribution in [0.5, 0.6) is 5.75 Å². The van der Waals surface area contributed by atoms with Gasteiger partial charge in [0.05, 0.1) is 17.5 Å². The van der Waals surface area contributed by atoms with Crippen LogP contribution in [-0.2, 0) is 19.2 Å². The Balaban J connectivity index is 1.50. The van der Waals surface area contributed by atoms with Crippen LogP contribution in [0.1, 0.15) is 36.8 Å². The van der Waals surface area contributed by atoms with Crippen LogP contribution < -0.4 is 4.90 Å². The predicted octanol–water partition coefficient (Wildman–Crippen LogP) is 4.33. The van der Waals surface area contributed by atoms with Crippen LogP contribution in [0.2, 0.25) is 0 Å². The average Bonchev–Trinajstić information content (AvgIpc) is 3.13. The number of phenolic OH excluding ortho intramolecular Hbond substituents is 1. The molecule has 1 heterocycles. The molecule has 6 heteroatoms. The molecule has 1 N–H and O–H groups in total. The first-order chi connectivity index (χ1) is 17.3. The van der Waals surface area contributed by atoms with Gasteiger partial charge in [0.2, 0.25) is 11.8 Å². The molecule has 1 fully saturated rings. The lowest BCUT2D eigenvalue weighted by molar-refractivity contribution is -0.123. The molecule has 2 aromatic carbocycles. The number of allylic oxidation sites excluding steroid dienone is 6. The van der Waals surface area contributed by atoms with Gasteiger partial charge in [-0.2, -0.15) is 0 Å². The van der Waals surface area contributed by atoms with Crippen LogP contribution in [0, 0.1) is 24.7 Å². The Hall–Kier alpha value is -4.06. The maximum Gasteiger partial charge on any atom is 0.238 e. The quantitative estimate of drug-likeness (QED) is 0.393. The molecule has 6 rings (SSSR count). The largest absolute Gasteiger partial charge is 0.508 e. The molecule has 0 radical (unpaired) electrons. The minimum Gasteiger partial charge on any atom is -0.508 e. The van der Waals surface area contributed by atoms with Gasteiger partial charge >= 0.3 is 0 Å². The number of benzene rings is 2. The van der Waals surface area contributed by atoms with Crippen molar-refractivity contribution >= 4 is 29.1 Å². The van der Waals surface area contributed by atoms with Gasteiger partial charge in [-0.3, -0.25) is 24.1 Å². The van der Waals surface area contributed by atoms with Crippen molar-refractivity contribution in [1.29, 1.82) is 0 Å². The Morgan fingerprint density at radius 3 is 2.39 bits per heavy atom. The molecular weight excluding hydrogens is 454 g/mol. The molecule has 1 saturated heterocycles. The first kappa shape index (κ1) is 22.4. The fraction of sp³-hybridized carbons (Fsp3) is 0.267. The second kappa shape index (κ2) is 7.98. The van der Waals surface area contributed by atoms with E-state index in [0.29, 0.717) is 34.4 Å². The molecule has 180 valence electrons. The number of ketones is 2. The smallest absolute Gasteiger partial charge is 0.238 e. The number of imide groups is 1. The van der Waals surface area contributed by atoms with Crippen molar-refractivity contribution in [3.63, 3.8) is 0 Å². The number of amides is 2. The summed E-state index contributed by atoms with van der Waals surface area (Å²) >= 11 is 0. The van der Waals surface area contributed by atoms with Crippen LogP contribution in [-0.4, -0.2) is 28.5 Å². The summed E-state index contributed by atoms with van der Waals surface area (Å²) in [7, 11) is 0. The van der Waals surface area contributed by atoms with Crippen molar-refractivity contribution < 1.29 is 24.3 Å². The number of aromatic hydroxyl groups is 1. The predicted molar refractivity (Wildman–Crippen MR) is 133 cm³/mol. The monoisotopic (exact) mass is 479 g/mol. The number of carbonyl (C=O) groups is 4. The molecule has 6 nitrogen and oxygen atoms in total. The summed E-state index contributed by atoms with van der Waals surface area (Å²) < 4.78 is 0. The van der Waals surface area contributed by atoms with Crippen LogP contribution in [0.25, 0.3) is 0 Å². The van der Waals surface area contributed by atoms with Crippen molar-refractivity contribution in [2.75, 3.05) is 4.90 Å². The second-order valence-corrected chi connectivity index (χ2v) is 10.1. The molecule has 4 aliphatic rings. The number of phenols is 1. The third-order valence-corrected chi connectivity index (χ3v) is 8.13. The number of aryl methyl sites for hydroxylation is 1. The Kier molecular flexibility index (Phi) is 4.97. The topological polar surface area (TPSA) is 91.8 Å². The highest BCUT2D eigenvalue weighted by atomic mass is 16.3. The minimum absolute atomic E-state index is 0.148. The highest BCUT2D eigenvalue weighted by Gasteiger charge is 2.56. The van der Waals surface area contributed by atoms with Crippen molar-refractivity contribution in [3.05, 3.63) is 94.1 Å². The van der Waals surface area contributed by atoms with E-state index in [1.807, 2.05) is 18.2 Å². The number of rotatable bonds is 2. The summed E-state index contributed by atoms with van der Waals surface area (Å²) in [4.78, 5) is 55.0. The molecule has 0 saturated carbocycles. The van der Waals surface area contributed by atoms with Gasteiger partial charge in [0, 0.05) is 22.6 Å². The summed E-state index contributed by atoms with van der Waals surface area (Å²) in [5.41, 5.74) is 4.20. The van der Waals surface area contributed by atoms with Crippen molar-refractivity contribution in [3.8, 4) is 5.75 Å². The highest BCUT2D eigenvalue weighted by molar-refractivity contribution is 6.25. The van der Waals surface area contributed by atoms with Gasteiger partial charge in [-0.25, -0.2) is 0 Å². The molecule has 3 aliphatic carbocycles. The molecular formula is C30H25NO5. The summed E-state index contributed by atoms with van der Waals surface area (Å²) in [5, 5.41) is 10.1. The number of anilines is 1. The maximum atomic E-state index is 13.8. The average molecular weight is 480 g/mol. The molecule has 4 atom stereocenters. The lowest BCUT2D eigenvalue weighted by Gasteiger charge is -2.42. The standard InChI is InChI=1S/C30H25NO5/c1-15-12-17(8-11-23(15)32)25-19-9-10-20-26(30(36)31(29(20)35)18-6-4-3-5-7-18)21(19)14-22-24(33)13-16(2)28(34)27(22)25/h3-9,11-13,20-21,25-26,32H,10,14H2,1-2H3/t20-,21+,25-,26-/m0/s1. The zero-order valence-corrected chi connectivity index (χ0v) is 20.0. The summed E-state index contributed by atoms with van der Waals surface area (Å²) in [5.74, 6) is -2.66. The normalized spacial score (nSPS) is 27.4. The van der Waals surface area contributed by atoms with E-state index in [2.05, 4.69) is 0 Å². The molecule has 0 aromatic heterocycles. The van der Waals surface area contributed by atoms with Crippen LogP contribution in [0.15, 0.2) is 83.0 Å². The molecule has 36 heavy (non-hydrogen) atoms. The minimum atomic E-state index is -0.595. The fourth-order valence-electron chi connectivity index (χ4n) is 6.43. The van der Waals surface area contributed by atoms with Crippen molar-refractivity contribution in [2.24, 2.45) is 17.8 Å². The van der Waals surface area contributed by atoms with E-state index >= 15 is 0 Å². The zero-order chi connectivity index (χ0) is 25.3. The SMILES string of the molecule is CC1=CC(=O)C2=C(C1=O)[C@@H](c1ccc(O)c(C)c1)C1=CC[C@@H]3C(=O)N(c4ccccc4)C(=O)[C@@H]3[C@@H]1C2. The number of hydrogen-bond donors (Lipinski definition) is 1. The van der Waals surface area contributed by atoms with E-state index in [9.17, 15) is 24.3 Å². The Labute approximate surface area is 208 Å². The number of Topliss-reactive ketones (excluding diaryl/α,β-unsaturated/α-hetero) is 1. The molecule has 0 unspecified atom stereocenters. The number of hydrogen-bond acceptors (Lipinski definition) is 5. The Morgan fingerprint density at radius 1 is 0.917 bits per heavy atom. The lowest BCUT2D eigenvalue weighted by atomic mass is 9.59.